The molecule has 0 aliphatic heterocycles. The van der Waals surface area contributed by atoms with E-state index in [-0.39, 0.29) is 6.54 Å². The summed E-state index contributed by atoms with van der Waals surface area (Å²) in [5, 5.41) is 11.4. The number of para-hydroxylation sites is 1. The predicted molar refractivity (Wildman–Crippen MR) is 75.7 cm³/mol. The normalized spacial score (nSPS) is 9.94. The Kier molecular flexibility index (Phi) is 5.61. The van der Waals surface area contributed by atoms with E-state index < -0.39 is 12.0 Å². The van der Waals surface area contributed by atoms with Crippen molar-refractivity contribution in [1.82, 2.24) is 4.90 Å². The Morgan fingerprint density at radius 2 is 1.89 bits per heavy atom. The van der Waals surface area contributed by atoms with Gasteiger partial charge in [-0.25, -0.2) is 4.79 Å². The number of carbonyl (C=O) groups excluding carboxylic acids is 1. The number of rotatable bonds is 4. The summed E-state index contributed by atoms with van der Waals surface area (Å²) in [5.74, 6) is -1.04. The summed E-state index contributed by atoms with van der Waals surface area (Å²) in [6.07, 6.45) is 0. The van der Waals surface area contributed by atoms with Gasteiger partial charge in [0.1, 0.15) is 6.54 Å². The van der Waals surface area contributed by atoms with Crippen molar-refractivity contribution in [2.24, 2.45) is 0 Å². The number of urea groups is 1. The zero-order valence-corrected chi connectivity index (χ0v) is 12.8. The van der Waals surface area contributed by atoms with Crippen LogP contribution in [0.15, 0.2) is 27.1 Å². The molecule has 0 saturated carbocycles. The largest absolute Gasteiger partial charge is 0.480 e. The first-order valence-electron chi connectivity index (χ1n) is 5.17. The molecule has 0 atom stereocenters. The molecule has 2 N–H and O–H groups in total. The highest BCUT2D eigenvalue weighted by molar-refractivity contribution is 9.11. The maximum atomic E-state index is 11.9. The second kappa shape index (κ2) is 6.75. The second-order valence-corrected chi connectivity index (χ2v) is 5.14. The maximum absolute atomic E-state index is 11.9. The molecule has 0 bridgehead atoms. The van der Waals surface area contributed by atoms with Crippen molar-refractivity contribution in [3.63, 3.8) is 0 Å². The molecule has 0 aliphatic rings. The van der Waals surface area contributed by atoms with Crippen molar-refractivity contribution in [3.05, 3.63) is 27.1 Å². The van der Waals surface area contributed by atoms with Gasteiger partial charge >= 0.3 is 12.0 Å². The Bertz CT molecular complexity index is 445. The molecular formula is C11H12Br2N2O3. The summed E-state index contributed by atoms with van der Waals surface area (Å²) in [4.78, 5) is 23.7. The number of carbonyl (C=O) groups is 2. The van der Waals surface area contributed by atoms with Crippen LogP contribution in [0.25, 0.3) is 0 Å². The summed E-state index contributed by atoms with van der Waals surface area (Å²) in [6.45, 7) is 1.71. The third-order valence-corrected chi connectivity index (χ3v) is 3.51. The van der Waals surface area contributed by atoms with E-state index >= 15 is 0 Å². The van der Waals surface area contributed by atoms with Crippen LogP contribution < -0.4 is 5.32 Å². The van der Waals surface area contributed by atoms with Crippen molar-refractivity contribution in [3.8, 4) is 0 Å². The number of hydrogen-bond donors (Lipinski definition) is 2. The topological polar surface area (TPSA) is 69.6 Å². The highest BCUT2D eigenvalue weighted by Crippen LogP contribution is 2.30. The SMILES string of the molecule is CCN(CC(=O)O)C(=O)Nc1c(Br)cccc1Br. The molecule has 1 rings (SSSR count). The molecule has 0 aliphatic carbocycles. The van der Waals surface area contributed by atoms with Gasteiger partial charge in [-0.3, -0.25) is 4.79 Å². The molecule has 1 aromatic carbocycles. The molecule has 0 fully saturated rings. The monoisotopic (exact) mass is 378 g/mol. The van der Waals surface area contributed by atoms with Crippen LogP contribution in [0.4, 0.5) is 10.5 Å². The Labute approximate surface area is 121 Å². The lowest BCUT2D eigenvalue weighted by molar-refractivity contribution is -0.137. The Morgan fingerprint density at radius 1 is 1.33 bits per heavy atom. The first kappa shape index (κ1) is 15.0. The highest BCUT2D eigenvalue weighted by Gasteiger charge is 2.16. The number of carboxylic acid groups (broad SMARTS) is 1. The summed E-state index contributed by atoms with van der Waals surface area (Å²) >= 11 is 6.64. The van der Waals surface area contributed by atoms with Crippen LogP contribution in [0.5, 0.6) is 0 Å². The lowest BCUT2D eigenvalue weighted by Gasteiger charge is -2.20. The molecule has 0 aromatic heterocycles. The molecular weight excluding hydrogens is 368 g/mol. The second-order valence-electron chi connectivity index (χ2n) is 3.43. The summed E-state index contributed by atoms with van der Waals surface area (Å²) in [5.41, 5.74) is 0.575. The minimum Gasteiger partial charge on any atom is -0.480 e. The third kappa shape index (κ3) is 3.99. The van der Waals surface area contributed by atoms with E-state index in [1.165, 1.54) is 4.90 Å². The van der Waals surface area contributed by atoms with E-state index in [0.29, 0.717) is 12.2 Å². The first-order valence-corrected chi connectivity index (χ1v) is 6.76. The molecule has 7 heteroatoms. The van der Waals surface area contributed by atoms with Crippen molar-refractivity contribution in [1.29, 1.82) is 0 Å². The van der Waals surface area contributed by atoms with Gasteiger partial charge in [0, 0.05) is 15.5 Å². The number of nitrogens with zero attached hydrogens (tertiary/aromatic N) is 1. The molecule has 0 saturated heterocycles. The van der Waals surface area contributed by atoms with Crippen LogP contribution in [-0.2, 0) is 4.79 Å². The number of anilines is 1. The Morgan fingerprint density at radius 3 is 2.33 bits per heavy atom. The van der Waals surface area contributed by atoms with Crippen LogP contribution in [0.2, 0.25) is 0 Å². The molecule has 98 valence electrons. The fourth-order valence-corrected chi connectivity index (χ4v) is 2.49. The number of amides is 2. The van der Waals surface area contributed by atoms with Gasteiger partial charge in [0.2, 0.25) is 0 Å². The van der Waals surface area contributed by atoms with Gasteiger partial charge in [-0.2, -0.15) is 0 Å². The fraction of sp³-hybridized carbons (Fsp3) is 0.273. The number of carboxylic acids is 1. The van der Waals surface area contributed by atoms with Crippen LogP contribution >= 0.6 is 31.9 Å². The zero-order valence-electron chi connectivity index (χ0n) is 9.61. The molecule has 1 aromatic rings. The summed E-state index contributed by atoms with van der Waals surface area (Å²) in [7, 11) is 0. The van der Waals surface area contributed by atoms with E-state index in [0.717, 1.165) is 8.95 Å². The number of nitrogens with one attached hydrogen (secondary N) is 1. The number of benzene rings is 1. The molecule has 0 unspecified atom stereocenters. The van der Waals surface area contributed by atoms with Gasteiger partial charge < -0.3 is 15.3 Å². The molecule has 0 spiro atoms. The van der Waals surface area contributed by atoms with E-state index in [1.54, 1.807) is 19.1 Å². The van der Waals surface area contributed by atoms with Gasteiger partial charge in [-0.05, 0) is 50.9 Å². The molecule has 18 heavy (non-hydrogen) atoms. The number of likely N-dealkylation sites (N-methyl/N-ethyl adjacent to an activating group) is 1. The van der Waals surface area contributed by atoms with E-state index in [2.05, 4.69) is 37.2 Å². The van der Waals surface area contributed by atoms with E-state index in [9.17, 15) is 9.59 Å². The molecule has 0 heterocycles. The van der Waals surface area contributed by atoms with Crippen molar-refractivity contribution < 1.29 is 14.7 Å². The van der Waals surface area contributed by atoms with Crippen LogP contribution in [0.3, 0.4) is 0 Å². The van der Waals surface area contributed by atoms with Gasteiger partial charge in [0.05, 0.1) is 5.69 Å². The first-order chi connectivity index (χ1) is 8.45. The third-order valence-electron chi connectivity index (χ3n) is 2.19. The Hall–Kier alpha value is -1.08. The van der Waals surface area contributed by atoms with Crippen molar-refractivity contribution in [2.75, 3.05) is 18.4 Å². The predicted octanol–water partition coefficient (Wildman–Crippen LogP) is 3.15. The van der Waals surface area contributed by atoms with Crippen LogP contribution in [0, 0.1) is 0 Å². The number of hydrogen-bond acceptors (Lipinski definition) is 2. The standard InChI is InChI=1S/C11H12Br2N2O3/c1-2-15(6-9(16)17)11(18)14-10-7(12)4-3-5-8(10)13/h3-5H,2,6H2,1H3,(H,14,18)(H,16,17). The van der Waals surface area contributed by atoms with Gasteiger partial charge in [-0.1, -0.05) is 6.07 Å². The average Bonchev–Trinajstić information content (AvgIpc) is 2.30. The number of aliphatic carboxylic acids is 1. The summed E-state index contributed by atoms with van der Waals surface area (Å²) < 4.78 is 1.44. The maximum Gasteiger partial charge on any atom is 0.323 e. The van der Waals surface area contributed by atoms with Crippen molar-refractivity contribution in [2.45, 2.75) is 6.92 Å². The van der Waals surface area contributed by atoms with Crippen LogP contribution in [-0.4, -0.2) is 35.1 Å². The Balaban J connectivity index is 2.83. The van der Waals surface area contributed by atoms with E-state index in [4.69, 9.17) is 5.11 Å². The van der Waals surface area contributed by atoms with Gasteiger partial charge in [0.15, 0.2) is 0 Å². The lowest BCUT2D eigenvalue weighted by Crippen LogP contribution is -2.38. The zero-order chi connectivity index (χ0) is 13.7. The molecule has 5 nitrogen and oxygen atoms in total. The van der Waals surface area contributed by atoms with Gasteiger partial charge in [0.25, 0.3) is 0 Å². The van der Waals surface area contributed by atoms with E-state index in [1.807, 2.05) is 6.07 Å². The summed E-state index contributed by atoms with van der Waals surface area (Å²) in [6, 6.07) is 4.94. The molecule has 0 radical (unpaired) electrons. The molecule has 2 amide bonds. The van der Waals surface area contributed by atoms with Gasteiger partial charge in [-0.15, -0.1) is 0 Å². The fourth-order valence-electron chi connectivity index (χ4n) is 1.29. The highest BCUT2D eigenvalue weighted by atomic mass is 79.9. The number of halogens is 2. The minimum atomic E-state index is -1.04. The quantitative estimate of drug-likeness (QED) is 0.844. The van der Waals surface area contributed by atoms with Crippen LogP contribution in [0.1, 0.15) is 6.92 Å². The average molecular weight is 380 g/mol. The smallest absolute Gasteiger partial charge is 0.323 e. The lowest BCUT2D eigenvalue weighted by atomic mass is 10.3. The minimum absolute atomic E-state index is 0.320. The van der Waals surface area contributed by atoms with Crippen molar-refractivity contribution >= 4 is 49.5 Å².